The summed E-state index contributed by atoms with van der Waals surface area (Å²) in [5.74, 6) is -5.92. The van der Waals surface area contributed by atoms with Crippen molar-refractivity contribution in [2.75, 3.05) is 12.4 Å². The first-order chi connectivity index (χ1) is 13.7. The molecule has 1 aliphatic heterocycles. The van der Waals surface area contributed by atoms with Gasteiger partial charge in [-0.15, -0.1) is 0 Å². The minimum absolute atomic E-state index is 0.597. The van der Waals surface area contributed by atoms with E-state index in [9.17, 15) is 32.4 Å². The summed E-state index contributed by atoms with van der Waals surface area (Å²) < 4.78 is 50.7. The maximum absolute atomic E-state index is 12.7. The third-order valence-corrected chi connectivity index (χ3v) is 5.42. The van der Waals surface area contributed by atoms with Crippen molar-refractivity contribution in [3.63, 3.8) is 0 Å². The van der Waals surface area contributed by atoms with Crippen LogP contribution in [0.25, 0.3) is 0 Å². The molecule has 0 radical (unpaired) electrons. The SMILES string of the molecule is CC(=O)OC[C@H]1O[C@@H](S(=O)(=O)CC(N)=O)[C@H](OC(C)=O)[C@@H](OC(C)=O)[C@@H]1OC(C)=O. The maximum atomic E-state index is 12.7. The molecule has 30 heavy (non-hydrogen) atoms. The van der Waals surface area contributed by atoms with Crippen molar-refractivity contribution in [2.24, 2.45) is 5.73 Å². The number of ether oxygens (including phenoxy) is 5. The fourth-order valence-electron chi connectivity index (χ4n) is 2.76. The predicted octanol–water partition coefficient (Wildman–Crippen LogP) is -2.03. The molecule has 0 aliphatic carbocycles. The molecule has 0 unspecified atom stereocenters. The Morgan fingerprint density at radius 2 is 1.27 bits per heavy atom. The smallest absolute Gasteiger partial charge is 0.303 e. The van der Waals surface area contributed by atoms with Crippen molar-refractivity contribution in [3.8, 4) is 0 Å². The fraction of sp³-hybridized carbons (Fsp3) is 0.688. The number of hydrogen-bond donors (Lipinski definition) is 1. The monoisotopic (exact) mass is 453 g/mol. The molecule has 0 bridgehead atoms. The van der Waals surface area contributed by atoms with Gasteiger partial charge in [0, 0.05) is 27.7 Å². The van der Waals surface area contributed by atoms with Crippen molar-refractivity contribution in [2.45, 2.75) is 57.5 Å². The summed E-state index contributed by atoms with van der Waals surface area (Å²) in [5, 5.41) is 0. The van der Waals surface area contributed by atoms with Crippen LogP contribution in [0.15, 0.2) is 0 Å². The van der Waals surface area contributed by atoms with Crippen LogP contribution < -0.4 is 5.73 Å². The molecule has 13 nitrogen and oxygen atoms in total. The first-order valence-electron chi connectivity index (χ1n) is 8.55. The standard InChI is InChI=1S/C16H23NO12S/c1-7(18)25-5-11-13(26-8(2)19)14(27-9(3)20)15(28-10(4)21)16(29-11)30(23,24)6-12(17)22/h11,13-16H,5-6H2,1-4H3,(H2,17,22)/t11-,13-,14+,15-,16+/m1/s1. The summed E-state index contributed by atoms with van der Waals surface area (Å²) in [6.45, 7) is 3.43. The van der Waals surface area contributed by atoms with Gasteiger partial charge in [0.25, 0.3) is 0 Å². The van der Waals surface area contributed by atoms with Gasteiger partial charge in [-0.2, -0.15) is 0 Å². The highest BCUT2D eigenvalue weighted by atomic mass is 32.2. The molecule has 5 atom stereocenters. The lowest BCUT2D eigenvalue weighted by Crippen LogP contribution is -2.64. The third kappa shape index (κ3) is 7.26. The number of nitrogens with two attached hydrogens (primary N) is 1. The van der Waals surface area contributed by atoms with Crippen molar-refractivity contribution >= 4 is 39.6 Å². The Labute approximate surface area is 172 Å². The van der Waals surface area contributed by atoms with Gasteiger partial charge >= 0.3 is 23.9 Å². The average Bonchev–Trinajstić information content (AvgIpc) is 2.54. The van der Waals surface area contributed by atoms with E-state index in [1.807, 2.05) is 0 Å². The van der Waals surface area contributed by atoms with Crippen LogP contribution >= 0.6 is 0 Å². The average molecular weight is 453 g/mol. The summed E-state index contributed by atoms with van der Waals surface area (Å²) in [4.78, 5) is 57.2. The highest BCUT2D eigenvalue weighted by molar-refractivity contribution is 7.92. The van der Waals surface area contributed by atoms with Crippen molar-refractivity contribution < 1.29 is 56.1 Å². The van der Waals surface area contributed by atoms with Gasteiger partial charge in [0.2, 0.25) is 5.91 Å². The molecule has 1 fully saturated rings. The Balaban J connectivity index is 3.52. The quantitative estimate of drug-likeness (QED) is 0.313. The zero-order valence-corrected chi connectivity index (χ0v) is 17.5. The van der Waals surface area contributed by atoms with Crippen LogP contribution in [0.5, 0.6) is 0 Å². The second kappa shape index (κ2) is 10.3. The van der Waals surface area contributed by atoms with Gasteiger partial charge in [-0.05, 0) is 0 Å². The van der Waals surface area contributed by atoms with Crippen molar-refractivity contribution in [1.29, 1.82) is 0 Å². The molecule has 2 N–H and O–H groups in total. The minimum Gasteiger partial charge on any atom is -0.463 e. The number of esters is 4. The highest BCUT2D eigenvalue weighted by Crippen LogP contribution is 2.32. The first-order valence-corrected chi connectivity index (χ1v) is 10.3. The summed E-state index contributed by atoms with van der Waals surface area (Å²) in [7, 11) is -4.52. The Hall–Kier alpha value is -2.74. The molecule has 0 aromatic heterocycles. The van der Waals surface area contributed by atoms with E-state index in [1.54, 1.807) is 0 Å². The number of carbonyl (C=O) groups excluding carboxylic acids is 5. The third-order valence-electron chi connectivity index (χ3n) is 3.65. The maximum Gasteiger partial charge on any atom is 0.303 e. The van der Waals surface area contributed by atoms with E-state index in [4.69, 9.17) is 29.4 Å². The molecule has 0 saturated carbocycles. The second-order valence-corrected chi connectivity index (χ2v) is 8.42. The van der Waals surface area contributed by atoms with Gasteiger partial charge in [0.05, 0.1) is 0 Å². The fourth-order valence-corrected chi connectivity index (χ4v) is 4.25. The molecule has 1 aliphatic rings. The molecule has 0 aromatic carbocycles. The van der Waals surface area contributed by atoms with Crippen LogP contribution in [0, 0.1) is 0 Å². The molecule has 170 valence electrons. The van der Waals surface area contributed by atoms with Gasteiger partial charge in [-0.3, -0.25) is 24.0 Å². The summed E-state index contributed by atoms with van der Waals surface area (Å²) in [6, 6.07) is 0. The van der Waals surface area contributed by atoms with Crippen molar-refractivity contribution in [3.05, 3.63) is 0 Å². The van der Waals surface area contributed by atoms with Crippen LogP contribution in [0.4, 0.5) is 0 Å². The van der Waals surface area contributed by atoms with E-state index < -0.39 is 81.8 Å². The molecule has 1 amide bonds. The summed E-state index contributed by atoms with van der Waals surface area (Å²) in [5.41, 5.74) is 2.93. The van der Waals surface area contributed by atoms with Crippen LogP contribution in [0.3, 0.4) is 0 Å². The number of hydrogen-bond acceptors (Lipinski definition) is 12. The normalized spacial score (nSPS) is 26.2. The van der Waals surface area contributed by atoms with Crippen LogP contribution in [0.2, 0.25) is 0 Å². The number of rotatable bonds is 8. The lowest BCUT2D eigenvalue weighted by molar-refractivity contribution is -0.238. The van der Waals surface area contributed by atoms with Gasteiger partial charge in [-0.1, -0.05) is 0 Å². The van der Waals surface area contributed by atoms with E-state index in [0.717, 1.165) is 27.7 Å². The van der Waals surface area contributed by atoms with Gasteiger partial charge in [-0.25, -0.2) is 8.42 Å². The zero-order valence-electron chi connectivity index (χ0n) is 16.7. The van der Waals surface area contributed by atoms with Crippen LogP contribution in [-0.4, -0.2) is 80.4 Å². The Bertz CT molecular complexity index is 807. The van der Waals surface area contributed by atoms with Gasteiger partial charge in [0.1, 0.15) is 18.5 Å². The highest BCUT2D eigenvalue weighted by Gasteiger charge is 2.56. The minimum atomic E-state index is -4.52. The molecule has 0 spiro atoms. The lowest BCUT2D eigenvalue weighted by Gasteiger charge is -2.43. The van der Waals surface area contributed by atoms with E-state index in [-0.39, 0.29) is 0 Å². The topological polar surface area (TPSA) is 192 Å². The zero-order chi connectivity index (χ0) is 23.2. The number of sulfone groups is 1. The molecular formula is C16H23NO12S. The molecule has 14 heteroatoms. The molecule has 1 saturated heterocycles. The largest absolute Gasteiger partial charge is 0.463 e. The lowest BCUT2D eigenvalue weighted by atomic mass is 9.99. The van der Waals surface area contributed by atoms with Crippen LogP contribution in [-0.2, 0) is 57.5 Å². The van der Waals surface area contributed by atoms with Crippen molar-refractivity contribution in [1.82, 2.24) is 0 Å². The summed E-state index contributed by atoms with van der Waals surface area (Å²) in [6.07, 6.45) is -6.41. The Kier molecular flexibility index (Phi) is 8.72. The first kappa shape index (κ1) is 25.3. The Morgan fingerprint density at radius 3 is 1.70 bits per heavy atom. The number of amides is 1. The van der Waals surface area contributed by atoms with E-state index in [1.165, 1.54) is 0 Å². The van der Waals surface area contributed by atoms with Gasteiger partial charge < -0.3 is 29.4 Å². The van der Waals surface area contributed by atoms with E-state index in [0.29, 0.717) is 0 Å². The number of primary amides is 1. The van der Waals surface area contributed by atoms with Gasteiger partial charge in [0.15, 0.2) is 33.6 Å². The summed E-state index contributed by atoms with van der Waals surface area (Å²) >= 11 is 0. The van der Waals surface area contributed by atoms with E-state index >= 15 is 0 Å². The van der Waals surface area contributed by atoms with E-state index in [2.05, 4.69) is 0 Å². The molecule has 0 aromatic rings. The van der Waals surface area contributed by atoms with Crippen LogP contribution in [0.1, 0.15) is 27.7 Å². The molecule has 1 rings (SSSR count). The molecular weight excluding hydrogens is 430 g/mol. The second-order valence-electron chi connectivity index (χ2n) is 6.34. The Morgan fingerprint density at radius 1 is 0.800 bits per heavy atom. The predicted molar refractivity (Wildman–Crippen MR) is 94.9 cm³/mol. The molecule has 1 heterocycles. The number of carbonyl (C=O) groups is 5.